The van der Waals surface area contributed by atoms with Crippen LogP contribution in [0.3, 0.4) is 0 Å². The predicted octanol–water partition coefficient (Wildman–Crippen LogP) is 3.77. The molecule has 0 atom stereocenters. The summed E-state index contributed by atoms with van der Waals surface area (Å²) in [6.45, 7) is 6.29. The van der Waals surface area contributed by atoms with Gasteiger partial charge in [0.15, 0.2) is 11.0 Å². The van der Waals surface area contributed by atoms with Gasteiger partial charge in [0.2, 0.25) is 11.8 Å². The monoisotopic (exact) mass is 436 g/mol. The standard InChI is InChI=1S/C22H24N6O2S/c1-3-12-28-20(14-23-17-8-5-4-6-9-17)26-27-22(28)31-15-21(30)25-19-11-7-10-18(13-19)24-16(2)29/h3-11,13,23H,1,12,14-15H2,2H3,(H,24,29)(H,25,30). The lowest BCUT2D eigenvalue weighted by Crippen LogP contribution is -2.15. The number of carbonyl (C=O) groups excluding carboxylic acids is 2. The smallest absolute Gasteiger partial charge is 0.234 e. The molecule has 160 valence electrons. The Morgan fingerprint density at radius 3 is 2.45 bits per heavy atom. The molecule has 8 nitrogen and oxygen atoms in total. The van der Waals surface area contributed by atoms with Crippen molar-refractivity contribution >= 4 is 40.6 Å². The van der Waals surface area contributed by atoms with Crippen molar-refractivity contribution in [2.24, 2.45) is 0 Å². The largest absolute Gasteiger partial charge is 0.378 e. The molecule has 1 heterocycles. The van der Waals surface area contributed by atoms with E-state index in [0.717, 1.165) is 11.5 Å². The molecule has 1 aromatic heterocycles. The van der Waals surface area contributed by atoms with Crippen LogP contribution >= 0.6 is 11.8 Å². The molecular formula is C22H24N6O2S. The quantitative estimate of drug-likeness (QED) is 0.330. The van der Waals surface area contributed by atoms with Crippen molar-refractivity contribution in [1.82, 2.24) is 14.8 Å². The fourth-order valence-corrected chi connectivity index (χ4v) is 3.58. The van der Waals surface area contributed by atoms with Gasteiger partial charge in [-0.3, -0.25) is 9.59 Å². The number of aromatic nitrogens is 3. The molecule has 0 spiro atoms. The molecule has 0 fully saturated rings. The van der Waals surface area contributed by atoms with Crippen LogP contribution in [0.15, 0.2) is 72.4 Å². The number of hydrogen-bond donors (Lipinski definition) is 3. The molecule has 3 aromatic rings. The maximum atomic E-state index is 12.4. The fourth-order valence-electron chi connectivity index (χ4n) is 2.81. The number of anilines is 3. The van der Waals surface area contributed by atoms with Crippen LogP contribution < -0.4 is 16.0 Å². The van der Waals surface area contributed by atoms with Crippen molar-refractivity contribution in [2.75, 3.05) is 21.7 Å². The predicted molar refractivity (Wildman–Crippen MR) is 124 cm³/mol. The summed E-state index contributed by atoms with van der Waals surface area (Å²) in [5, 5.41) is 18.0. The number of thioether (sulfide) groups is 1. The third kappa shape index (κ3) is 6.71. The van der Waals surface area contributed by atoms with Crippen molar-refractivity contribution in [2.45, 2.75) is 25.2 Å². The fraction of sp³-hybridized carbons (Fsp3) is 0.182. The van der Waals surface area contributed by atoms with E-state index in [4.69, 9.17) is 0 Å². The van der Waals surface area contributed by atoms with E-state index < -0.39 is 0 Å². The van der Waals surface area contributed by atoms with Crippen molar-refractivity contribution in [3.63, 3.8) is 0 Å². The highest BCUT2D eigenvalue weighted by Gasteiger charge is 2.14. The first kappa shape index (κ1) is 22.1. The topological polar surface area (TPSA) is 101 Å². The second-order valence-corrected chi connectivity index (χ2v) is 7.56. The highest BCUT2D eigenvalue weighted by atomic mass is 32.2. The maximum absolute atomic E-state index is 12.4. The number of benzene rings is 2. The van der Waals surface area contributed by atoms with Gasteiger partial charge in [-0.25, -0.2) is 0 Å². The average molecular weight is 437 g/mol. The molecule has 0 bridgehead atoms. The van der Waals surface area contributed by atoms with Crippen molar-refractivity contribution in [3.05, 3.63) is 73.1 Å². The van der Waals surface area contributed by atoms with Crippen LogP contribution in [0, 0.1) is 0 Å². The molecule has 9 heteroatoms. The highest BCUT2D eigenvalue weighted by Crippen LogP contribution is 2.20. The highest BCUT2D eigenvalue weighted by molar-refractivity contribution is 7.99. The van der Waals surface area contributed by atoms with E-state index in [2.05, 4.69) is 32.7 Å². The molecule has 0 radical (unpaired) electrons. The lowest BCUT2D eigenvalue weighted by atomic mass is 10.2. The Balaban J connectivity index is 1.59. The Labute approximate surface area is 185 Å². The third-order valence-electron chi connectivity index (χ3n) is 4.13. The maximum Gasteiger partial charge on any atom is 0.234 e. The van der Waals surface area contributed by atoms with Gasteiger partial charge in [-0.2, -0.15) is 0 Å². The molecule has 0 aliphatic carbocycles. The Bertz CT molecular complexity index is 1050. The molecule has 0 unspecified atom stereocenters. The van der Waals surface area contributed by atoms with Gasteiger partial charge < -0.3 is 20.5 Å². The van der Waals surface area contributed by atoms with E-state index >= 15 is 0 Å². The lowest BCUT2D eigenvalue weighted by molar-refractivity contribution is -0.114. The van der Waals surface area contributed by atoms with E-state index in [1.807, 2.05) is 34.9 Å². The van der Waals surface area contributed by atoms with Crippen LogP contribution in [-0.2, 0) is 22.7 Å². The minimum atomic E-state index is -0.179. The van der Waals surface area contributed by atoms with Crippen LogP contribution in [0.4, 0.5) is 17.1 Å². The summed E-state index contributed by atoms with van der Waals surface area (Å²) in [5.74, 6) is 0.584. The summed E-state index contributed by atoms with van der Waals surface area (Å²) < 4.78 is 1.93. The van der Waals surface area contributed by atoms with Gasteiger partial charge in [0.05, 0.1) is 12.3 Å². The first-order valence-electron chi connectivity index (χ1n) is 9.67. The second-order valence-electron chi connectivity index (χ2n) is 6.62. The van der Waals surface area contributed by atoms with Gasteiger partial charge in [0.25, 0.3) is 0 Å². The third-order valence-corrected chi connectivity index (χ3v) is 5.10. The number of carbonyl (C=O) groups is 2. The SMILES string of the molecule is C=CCn1c(CNc2ccccc2)nnc1SCC(=O)Nc1cccc(NC(C)=O)c1. The van der Waals surface area contributed by atoms with Gasteiger partial charge in [0.1, 0.15) is 0 Å². The number of nitrogens with one attached hydrogen (secondary N) is 3. The number of para-hydroxylation sites is 1. The van der Waals surface area contributed by atoms with Gasteiger partial charge in [-0.15, -0.1) is 16.8 Å². The zero-order valence-corrected chi connectivity index (χ0v) is 18.0. The summed E-state index contributed by atoms with van der Waals surface area (Å²) >= 11 is 1.30. The zero-order chi connectivity index (χ0) is 22.1. The molecule has 2 amide bonds. The van der Waals surface area contributed by atoms with E-state index in [1.54, 1.807) is 30.3 Å². The number of allylic oxidation sites excluding steroid dienone is 1. The van der Waals surface area contributed by atoms with Crippen molar-refractivity contribution < 1.29 is 9.59 Å². The number of amides is 2. The Hall–Kier alpha value is -3.59. The molecular weight excluding hydrogens is 412 g/mol. The summed E-state index contributed by atoms with van der Waals surface area (Å²) in [6, 6.07) is 16.8. The number of hydrogen-bond acceptors (Lipinski definition) is 6. The normalized spacial score (nSPS) is 10.4. The van der Waals surface area contributed by atoms with E-state index in [9.17, 15) is 9.59 Å². The first-order chi connectivity index (χ1) is 15.0. The van der Waals surface area contributed by atoms with Gasteiger partial charge >= 0.3 is 0 Å². The first-order valence-corrected chi connectivity index (χ1v) is 10.7. The molecule has 3 N–H and O–H groups in total. The minimum Gasteiger partial charge on any atom is -0.378 e. The van der Waals surface area contributed by atoms with Gasteiger partial charge in [-0.05, 0) is 30.3 Å². The van der Waals surface area contributed by atoms with Gasteiger partial charge in [-0.1, -0.05) is 42.1 Å². The van der Waals surface area contributed by atoms with Crippen LogP contribution in [0.25, 0.3) is 0 Å². The van der Waals surface area contributed by atoms with Crippen LogP contribution in [-0.4, -0.2) is 32.3 Å². The zero-order valence-electron chi connectivity index (χ0n) is 17.2. The lowest BCUT2D eigenvalue weighted by Gasteiger charge is -2.10. The molecule has 0 saturated carbocycles. The Morgan fingerprint density at radius 1 is 1.03 bits per heavy atom. The molecule has 0 saturated heterocycles. The van der Waals surface area contributed by atoms with E-state index in [-0.39, 0.29) is 17.6 Å². The Morgan fingerprint density at radius 2 is 1.74 bits per heavy atom. The van der Waals surface area contributed by atoms with Crippen molar-refractivity contribution in [1.29, 1.82) is 0 Å². The summed E-state index contributed by atoms with van der Waals surface area (Å²) in [5.41, 5.74) is 2.22. The molecule has 0 aliphatic rings. The molecule has 31 heavy (non-hydrogen) atoms. The summed E-state index contributed by atoms with van der Waals surface area (Å²) in [4.78, 5) is 23.6. The van der Waals surface area contributed by atoms with E-state index in [0.29, 0.717) is 29.6 Å². The molecule has 3 rings (SSSR count). The van der Waals surface area contributed by atoms with Gasteiger partial charge in [0, 0.05) is 30.5 Å². The number of nitrogens with zero attached hydrogens (tertiary/aromatic N) is 3. The van der Waals surface area contributed by atoms with Crippen LogP contribution in [0.5, 0.6) is 0 Å². The second kappa shape index (κ2) is 11.0. The molecule has 2 aromatic carbocycles. The average Bonchev–Trinajstić information content (AvgIpc) is 3.13. The van der Waals surface area contributed by atoms with E-state index in [1.165, 1.54) is 18.7 Å². The number of rotatable bonds is 10. The van der Waals surface area contributed by atoms with Crippen molar-refractivity contribution in [3.8, 4) is 0 Å². The van der Waals surface area contributed by atoms with Crippen LogP contribution in [0.1, 0.15) is 12.7 Å². The van der Waals surface area contributed by atoms with Crippen LogP contribution in [0.2, 0.25) is 0 Å². The molecule has 0 aliphatic heterocycles. The Kier molecular flexibility index (Phi) is 7.83. The summed E-state index contributed by atoms with van der Waals surface area (Å²) in [7, 11) is 0. The summed E-state index contributed by atoms with van der Waals surface area (Å²) in [6.07, 6.45) is 1.77. The minimum absolute atomic E-state index is 0.168.